The molecule has 2 rings (SSSR count). The maximum Gasteiger partial charge on any atom is 0.308 e. The summed E-state index contributed by atoms with van der Waals surface area (Å²) >= 11 is 0. The van der Waals surface area contributed by atoms with Crippen molar-refractivity contribution < 1.29 is 14.7 Å². The van der Waals surface area contributed by atoms with Crippen molar-refractivity contribution in [3.8, 4) is 0 Å². The maximum atomic E-state index is 12.4. The number of piperidine rings is 1. The van der Waals surface area contributed by atoms with Gasteiger partial charge in [-0.2, -0.15) is 0 Å². The molecule has 1 aromatic heterocycles. The number of carbonyl (C=O) groups excluding carboxylic acids is 1. The van der Waals surface area contributed by atoms with Gasteiger partial charge in [-0.25, -0.2) is 4.98 Å². The topological polar surface area (TPSA) is 73.7 Å². The fourth-order valence-corrected chi connectivity index (χ4v) is 2.34. The van der Waals surface area contributed by atoms with Crippen molar-refractivity contribution >= 4 is 17.7 Å². The summed E-state index contributed by atoms with van der Waals surface area (Å²) in [5.41, 5.74) is 0.551. The first-order valence-corrected chi connectivity index (χ1v) is 6.64. The van der Waals surface area contributed by atoms with Crippen molar-refractivity contribution in [1.29, 1.82) is 0 Å². The normalized spacial score (nSPS) is 18.7. The number of aromatic nitrogens is 1. The van der Waals surface area contributed by atoms with E-state index in [4.69, 9.17) is 5.11 Å². The number of pyridine rings is 1. The van der Waals surface area contributed by atoms with E-state index in [1.165, 1.54) is 0 Å². The third-order valence-corrected chi connectivity index (χ3v) is 3.51. The Bertz CT molecular complexity index is 516. The average molecular weight is 277 g/mol. The first kappa shape index (κ1) is 14.3. The minimum absolute atomic E-state index is 0.124. The molecule has 1 aliphatic heterocycles. The molecule has 0 radical (unpaired) electrons. The van der Waals surface area contributed by atoms with E-state index in [1.54, 1.807) is 23.2 Å². The molecule has 1 fully saturated rings. The van der Waals surface area contributed by atoms with Gasteiger partial charge in [-0.15, -0.1) is 0 Å². The zero-order valence-electron chi connectivity index (χ0n) is 11.7. The van der Waals surface area contributed by atoms with E-state index in [0.29, 0.717) is 24.3 Å². The van der Waals surface area contributed by atoms with Crippen LogP contribution in [0.4, 0.5) is 5.82 Å². The largest absolute Gasteiger partial charge is 0.481 e. The SMILES string of the molecule is CN(C)c1cc(C(=O)N2CCC[C@@H](C(=O)O)C2)ccn1. The van der Waals surface area contributed by atoms with E-state index in [0.717, 1.165) is 6.42 Å². The Labute approximate surface area is 118 Å². The average Bonchev–Trinajstić information content (AvgIpc) is 2.46. The molecule has 1 aliphatic rings. The first-order chi connectivity index (χ1) is 9.49. The van der Waals surface area contributed by atoms with Gasteiger partial charge >= 0.3 is 5.97 Å². The number of likely N-dealkylation sites (tertiary alicyclic amines) is 1. The highest BCUT2D eigenvalue weighted by Gasteiger charge is 2.28. The number of aliphatic carboxylic acids is 1. The van der Waals surface area contributed by atoms with Gasteiger partial charge in [0.05, 0.1) is 5.92 Å². The van der Waals surface area contributed by atoms with Crippen molar-refractivity contribution in [2.24, 2.45) is 5.92 Å². The lowest BCUT2D eigenvalue weighted by Crippen LogP contribution is -2.42. The van der Waals surface area contributed by atoms with Gasteiger partial charge < -0.3 is 14.9 Å². The number of carboxylic acid groups (broad SMARTS) is 1. The van der Waals surface area contributed by atoms with Crippen molar-refractivity contribution in [2.75, 3.05) is 32.1 Å². The second-order valence-electron chi connectivity index (χ2n) is 5.23. The second kappa shape index (κ2) is 5.90. The summed E-state index contributed by atoms with van der Waals surface area (Å²) in [4.78, 5) is 31.1. The van der Waals surface area contributed by atoms with Gasteiger partial charge in [0.25, 0.3) is 5.91 Å². The molecule has 0 unspecified atom stereocenters. The molecule has 0 bridgehead atoms. The number of rotatable bonds is 3. The van der Waals surface area contributed by atoms with Crippen molar-refractivity contribution in [2.45, 2.75) is 12.8 Å². The van der Waals surface area contributed by atoms with E-state index >= 15 is 0 Å². The lowest BCUT2D eigenvalue weighted by molar-refractivity contribution is -0.143. The molecule has 1 atom stereocenters. The molecule has 20 heavy (non-hydrogen) atoms. The highest BCUT2D eigenvalue weighted by molar-refractivity contribution is 5.95. The number of anilines is 1. The van der Waals surface area contributed by atoms with Crippen LogP contribution >= 0.6 is 0 Å². The molecule has 0 spiro atoms. The quantitative estimate of drug-likeness (QED) is 0.895. The number of carbonyl (C=O) groups is 2. The standard InChI is InChI=1S/C14H19N3O3/c1-16(2)12-8-10(5-6-15-12)13(18)17-7-3-4-11(9-17)14(19)20/h5-6,8,11H,3-4,7,9H2,1-2H3,(H,19,20)/t11-/m1/s1. The Morgan fingerprint density at radius 1 is 1.45 bits per heavy atom. The third-order valence-electron chi connectivity index (χ3n) is 3.51. The summed E-state index contributed by atoms with van der Waals surface area (Å²) in [5, 5.41) is 9.07. The Hall–Kier alpha value is -2.11. The fraction of sp³-hybridized carbons (Fsp3) is 0.500. The maximum absolute atomic E-state index is 12.4. The number of hydrogen-bond acceptors (Lipinski definition) is 4. The van der Waals surface area contributed by atoms with Crippen LogP contribution in [0, 0.1) is 5.92 Å². The molecular formula is C14H19N3O3. The molecule has 1 aromatic rings. The van der Waals surface area contributed by atoms with Crippen molar-refractivity contribution in [3.63, 3.8) is 0 Å². The fourth-order valence-electron chi connectivity index (χ4n) is 2.34. The predicted octanol–water partition coefficient (Wildman–Crippen LogP) is 1.08. The van der Waals surface area contributed by atoms with E-state index in [2.05, 4.69) is 4.98 Å². The monoisotopic (exact) mass is 277 g/mol. The minimum Gasteiger partial charge on any atom is -0.481 e. The van der Waals surface area contributed by atoms with E-state index < -0.39 is 11.9 Å². The van der Waals surface area contributed by atoms with Crippen LogP contribution in [-0.4, -0.2) is 54.1 Å². The van der Waals surface area contributed by atoms with Gasteiger partial charge in [-0.3, -0.25) is 9.59 Å². The predicted molar refractivity (Wildman–Crippen MR) is 74.8 cm³/mol. The third kappa shape index (κ3) is 3.07. The van der Waals surface area contributed by atoms with Crippen LogP contribution in [0.15, 0.2) is 18.3 Å². The van der Waals surface area contributed by atoms with Crippen LogP contribution in [0.3, 0.4) is 0 Å². The first-order valence-electron chi connectivity index (χ1n) is 6.64. The van der Waals surface area contributed by atoms with Crippen LogP contribution in [0.1, 0.15) is 23.2 Å². The molecule has 6 nitrogen and oxygen atoms in total. The molecule has 2 heterocycles. The molecule has 0 aromatic carbocycles. The van der Waals surface area contributed by atoms with Gasteiger partial charge in [0.2, 0.25) is 0 Å². The van der Waals surface area contributed by atoms with Crippen molar-refractivity contribution in [3.05, 3.63) is 23.9 Å². The van der Waals surface area contributed by atoms with Crippen LogP contribution in [0.2, 0.25) is 0 Å². The molecule has 1 amide bonds. The summed E-state index contributed by atoms with van der Waals surface area (Å²) in [7, 11) is 3.72. The van der Waals surface area contributed by atoms with Gasteiger partial charge in [-0.05, 0) is 25.0 Å². The zero-order chi connectivity index (χ0) is 14.7. The highest BCUT2D eigenvalue weighted by Crippen LogP contribution is 2.19. The van der Waals surface area contributed by atoms with Crippen LogP contribution < -0.4 is 4.90 Å². The number of carboxylic acids is 1. The molecule has 6 heteroatoms. The van der Waals surface area contributed by atoms with E-state index in [1.807, 2.05) is 19.0 Å². The summed E-state index contributed by atoms with van der Waals surface area (Å²) in [6.07, 6.45) is 2.97. The molecule has 0 saturated carbocycles. The second-order valence-corrected chi connectivity index (χ2v) is 5.23. The van der Waals surface area contributed by atoms with Gasteiger partial charge in [-0.1, -0.05) is 0 Å². The lowest BCUT2D eigenvalue weighted by Gasteiger charge is -2.30. The summed E-state index contributed by atoms with van der Waals surface area (Å²) in [6, 6.07) is 3.40. The molecular weight excluding hydrogens is 258 g/mol. The van der Waals surface area contributed by atoms with Gasteiger partial charge in [0, 0.05) is 38.9 Å². The van der Waals surface area contributed by atoms with Gasteiger partial charge in [0.15, 0.2) is 0 Å². The molecule has 108 valence electrons. The van der Waals surface area contributed by atoms with Crippen LogP contribution in [0.5, 0.6) is 0 Å². The van der Waals surface area contributed by atoms with E-state index in [9.17, 15) is 9.59 Å². The summed E-state index contributed by atoms with van der Waals surface area (Å²) in [6.45, 7) is 0.899. The summed E-state index contributed by atoms with van der Waals surface area (Å²) in [5.74, 6) is -0.696. The van der Waals surface area contributed by atoms with E-state index in [-0.39, 0.29) is 12.5 Å². The minimum atomic E-state index is -0.828. The molecule has 1 N–H and O–H groups in total. The van der Waals surface area contributed by atoms with Crippen molar-refractivity contribution in [1.82, 2.24) is 9.88 Å². The number of amides is 1. The van der Waals surface area contributed by atoms with Gasteiger partial charge in [0.1, 0.15) is 5.82 Å². The Balaban J connectivity index is 2.14. The highest BCUT2D eigenvalue weighted by atomic mass is 16.4. The van der Waals surface area contributed by atoms with Crippen LogP contribution in [0.25, 0.3) is 0 Å². The van der Waals surface area contributed by atoms with Crippen LogP contribution in [-0.2, 0) is 4.79 Å². The Morgan fingerprint density at radius 3 is 2.85 bits per heavy atom. The number of nitrogens with zero attached hydrogens (tertiary/aromatic N) is 3. The molecule has 1 saturated heterocycles. The number of hydrogen-bond donors (Lipinski definition) is 1. The Kier molecular flexibility index (Phi) is 4.22. The lowest BCUT2D eigenvalue weighted by atomic mass is 9.98. The zero-order valence-corrected chi connectivity index (χ0v) is 11.7. The Morgan fingerprint density at radius 2 is 2.20 bits per heavy atom. The molecule has 0 aliphatic carbocycles. The smallest absolute Gasteiger partial charge is 0.308 e. The summed E-state index contributed by atoms with van der Waals surface area (Å²) < 4.78 is 0.